The predicted octanol–water partition coefficient (Wildman–Crippen LogP) is 3.23. The van der Waals surface area contributed by atoms with Gasteiger partial charge < -0.3 is 9.84 Å². The maximum absolute atomic E-state index is 12.3. The summed E-state index contributed by atoms with van der Waals surface area (Å²) in [5.74, 6) is 0.520. The molecule has 27 heavy (non-hydrogen) atoms. The zero-order valence-corrected chi connectivity index (χ0v) is 15.0. The summed E-state index contributed by atoms with van der Waals surface area (Å²) in [7, 11) is 0. The van der Waals surface area contributed by atoms with Crippen LogP contribution in [0.15, 0.2) is 64.8 Å². The fourth-order valence-electron chi connectivity index (χ4n) is 2.46. The Balaban J connectivity index is 1.39. The number of pyridine rings is 1. The molecule has 0 radical (unpaired) electrons. The highest BCUT2D eigenvalue weighted by Gasteiger charge is 2.16. The van der Waals surface area contributed by atoms with E-state index in [1.807, 2.05) is 30.3 Å². The molecular weight excluding hydrogens is 362 g/mol. The van der Waals surface area contributed by atoms with Crippen LogP contribution in [0.25, 0.3) is 23.0 Å². The molecule has 0 saturated carbocycles. The van der Waals surface area contributed by atoms with E-state index in [0.717, 1.165) is 12.0 Å². The molecule has 3 heterocycles. The van der Waals surface area contributed by atoms with Crippen LogP contribution in [0.4, 0.5) is 0 Å². The normalized spacial score (nSPS) is 10.7. The number of hydrogen-bond acceptors (Lipinski definition) is 7. The molecule has 3 aromatic heterocycles. The van der Waals surface area contributed by atoms with Gasteiger partial charge in [0.2, 0.25) is 5.82 Å². The van der Waals surface area contributed by atoms with Crippen LogP contribution in [0.1, 0.15) is 15.4 Å². The Morgan fingerprint density at radius 3 is 2.70 bits per heavy atom. The molecule has 8 heteroatoms. The van der Waals surface area contributed by atoms with Gasteiger partial charge in [-0.05, 0) is 24.1 Å². The summed E-state index contributed by atoms with van der Waals surface area (Å²) in [5, 5.41) is 8.92. The Hall–Kier alpha value is -3.39. The molecule has 0 saturated heterocycles. The second-order valence-corrected chi connectivity index (χ2v) is 6.55. The number of carbonyl (C=O) groups excluding carboxylic acids is 1. The van der Waals surface area contributed by atoms with Crippen LogP contribution >= 0.6 is 11.3 Å². The molecule has 1 amide bonds. The molecule has 0 fully saturated rings. The molecule has 0 aliphatic heterocycles. The third kappa shape index (κ3) is 4.06. The standard InChI is InChI=1S/C19H15N5O2S/c25-17(21-11-6-13-4-2-1-3-5-13)19-22-15(12-27-19)18-23-16(24-26-18)14-7-9-20-10-8-14/h1-5,7-10,12H,6,11H2,(H,21,25). The fourth-order valence-corrected chi connectivity index (χ4v) is 3.17. The van der Waals surface area contributed by atoms with Crippen molar-refractivity contribution in [1.29, 1.82) is 0 Å². The monoisotopic (exact) mass is 377 g/mol. The van der Waals surface area contributed by atoms with Gasteiger partial charge in [0, 0.05) is 29.9 Å². The van der Waals surface area contributed by atoms with Gasteiger partial charge in [-0.2, -0.15) is 4.98 Å². The molecule has 4 rings (SSSR count). The van der Waals surface area contributed by atoms with Gasteiger partial charge in [0.25, 0.3) is 11.8 Å². The summed E-state index contributed by atoms with van der Waals surface area (Å²) in [6.07, 6.45) is 4.09. The summed E-state index contributed by atoms with van der Waals surface area (Å²) < 4.78 is 5.27. The molecule has 0 spiro atoms. The maximum atomic E-state index is 12.3. The van der Waals surface area contributed by atoms with E-state index >= 15 is 0 Å². The average molecular weight is 377 g/mol. The smallest absolute Gasteiger partial charge is 0.280 e. The number of aromatic nitrogens is 4. The van der Waals surface area contributed by atoms with E-state index in [1.165, 1.54) is 16.9 Å². The second-order valence-electron chi connectivity index (χ2n) is 5.69. The summed E-state index contributed by atoms with van der Waals surface area (Å²) in [6, 6.07) is 13.6. The summed E-state index contributed by atoms with van der Waals surface area (Å²) in [5.41, 5.74) is 2.46. The van der Waals surface area contributed by atoms with E-state index in [-0.39, 0.29) is 11.8 Å². The first-order chi connectivity index (χ1) is 13.3. The lowest BCUT2D eigenvalue weighted by Gasteiger charge is -2.02. The molecule has 0 aliphatic rings. The van der Waals surface area contributed by atoms with Crippen molar-refractivity contribution < 1.29 is 9.32 Å². The van der Waals surface area contributed by atoms with Crippen LogP contribution < -0.4 is 5.32 Å². The van der Waals surface area contributed by atoms with Crippen molar-refractivity contribution in [3.8, 4) is 23.0 Å². The Bertz CT molecular complexity index is 1030. The van der Waals surface area contributed by atoms with Crippen LogP contribution in [-0.4, -0.2) is 32.6 Å². The van der Waals surface area contributed by atoms with Crippen LogP contribution in [0, 0.1) is 0 Å². The zero-order chi connectivity index (χ0) is 18.5. The minimum absolute atomic E-state index is 0.212. The minimum Gasteiger partial charge on any atom is -0.350 e. The van der Waals surface area contributed by atoms with E-state index in [2.05, 4.69) is 25.4 Å². The van der Waals surface area contributed by atoms with Crippen LogP contribution in [-0.2, 0) is 6.42 Å². The third-order valence-electron chi connectivity index (χ3n) is 3.82. The number of nitrogens with one attached hydrogen (secondary N) is 1. The Kier molecular flexibility index (Phi) is 4.97. The second kappa shape index (κ2) is 7.88. The Morgan fingerprint density at radius 2 is 1.89 bits per heavy atom. The lowest BCUT2D eigenvalue weighted by molar-refractivity contribution is 0.0954. The van der Waals surface area contributed by atoms with Crippen molar-refractivity contribution >= 4 is 17.2 Å². The molecule has 0 bridgehead atoms. The molecule has 4 aromatic rings. The Morgan fingerprint density at radius 1 is 1.07 bits per heavy atom. The lowest BCUT2D eigenvalue weighted by atomic mass is 10.1. The van der Waals surface area contributed by atoms with E-state index in [9.17, 15) is 4.79 Å². The molecule has 1 aromatic carbocycles. The van der Waals surface area contributed by atoms with Crippen LogP contribution in [0.5, 0.6) is 0 Å². The number of hydrogen-bond donors (Lipinski definition) is 1. The van der Waals surface area contributed by atoms with Gasteiger partial charge in [0.1, 0.15) is 5.69 Å². The van der Waals surface area contributed by atoms with Crippen molar-refractivity contribution in [3.63, 3.8) is 0 Å². The quantitative estimate of drug-likeness (QED) is 0.554. The van der Waals surface area contributed by atoms with Crippen molar-refractivity contribution in [1.82, 2.24) is 25.4 Å². The first-order valence-corrected chi connectivity index (χ1v) is 9.20. The topological polar surface area (TPSA) is 93.8 Å². The number of amides is 1. The molecular formula is C19H15N5O2S. The summed E-state index contributed by atoms with van der Waals surface area (Å²) in [6.45, 7) is 0.546. The maximum Gasteiger partial charge on any atom is 0.280 e. The zero-order valence-electron chi connectivity index (χ0n) is 14.2. The number of rotatable bonds is 6. The number of thiazole rings is 1. The minimum atomic E-state index is -0.212. The number of carbonyl (C=O) groups is 1. The lowest BCUT2D eigenvalue weighted by Crippen LogP contribution is -2.25. The van der Waals surface area contributed by atoms with Gasteiger partial charge in [-0.25, -0.2) is 4.98 Å². The number of benzene rings is 1. The van der Waals surface area contributed by atoms with Crippen LogP contribution in [0.3, 0.4) is 0 Å². The molecule has 1 N–H and O–H groups in total. The predicted molar refractivity (Wildman–Crippen MR) is 101 cm³/mol. The van der Waals surface area contributed by atoms with Gasteiger partial charge in [-0.15, -0.1) is 11.3 Å². The van der Waals surface area contributed by atoms with Crippen molar-refractivity contribution in [3.05, 3.63) is 70.8 Å². The third-order valence-corrected chi connectivity index (χ3v) is 4.67. The highest BCUT2D eigenvalue weighted by molar-refractivity contribution is 7.12. The Labute approximate surface area is 159 Å². The largest absolute Gasteiger partial charge is 0.350 e. The van der Waals surface area contributed by atoms with Crippen molar-refractivity contribution in [2.75, 3.05) is 6.54 Å². The summed E-state index contributed by atoms with van der Waals surface area (Å²) >= 11 is 1.24. The van der Waals surface area contributed by atoms with Gasteiger partial charge in [0.05, 0.1) is 0 Å². The first kappa shape index (κ1) is 17.0. The average Bonchev–Trinajstić information content (AvgIpc) is 3.39. The number of nitrogens with zero attached hydrogens (tertiary/aromatic N) is 4. The van der Waals surface area contributed by atoms with E-state index < -0.39 is 0 Å². The van der Waals surface area contributed by atoms with Crippen molar-refractivity contribution in [2.24, 2.45) is 0 Å². The highest BCUT2D eigenvalue weighted by Crippen LogP contribution is 2.23. The van der Waals surface area contributed by atoms with Crippen molar-refractivity contribution in [2.45, 2.75) is 6.42 Å². The van der Waals surface area contributed by atoms with Crippen LogP contribution in [0.2, 0.25) is 0 Å². The first-order valence-electron chi connectivity index (χ1n) is 8.32. The SMILES string of the molecule is O=C(NCCc1ccccc1)c1nc(-c2nc(-c3ccncc3)no2)cs1. The van der Waals surface area contributed by atoms with Gasteiger partial charge in [-0.3, -0.25) is 9.78 Å². The van der Waals surface area contributed by atoms with E-state index in [4.69, 9.17) is 4.52 Å². The molecule has 134 valence electrons. The molecule has 0 unspecified atom stereocenters. The van der Waals surface area contributed by atoms with Gasteiger partial charge >= 0.3 is 0 Å². The molecule has 0 atom stereocenters. The highest BCUT2D eigenvalue weighted by atomic mass is 32.1. The fraction of sp³-hybridized carbons (Fsp3) is 0.105. The van der Waals surface area contributed by atoms with Gasteiger partial charge in [0.15, 0.2) is 5.01 Å². The van der Waals surface area contributed by atoms with E-state index in [1.54, 1.807) is 29.9 Å². The summed E-state index contributed by atoms with van der Waals surface area (Å²) in [4.78, 5) is 24.9. The molecule has 0 aliphatic carbocycles. The van der Waals surface area contributed by atoms with Gasteiger partial charge in [-0.1, -0.05) is 35.5 Å². The molecule has 7 nitrogen and oxygen atoms in total. The van der Waals surface area contributed by atoms with E-state index in [0.29, 0.717) is 23.1 Å².